The maximum atomic E-state index is 13.2. The Labute approximate surface area is 220 Å². The average Bonchev–Trinajstić information content (AvgIpc) is 3.33. The van der Waals surface area contributed by atoms with Crippen molar-refractivity contribution in [1.29, 1.82) is 0 Å². The molecule has 39 heavy (non-hydrogen) atoms. The zero-order valence-corrected chi connectivity index (χ0v) is 20.9. The summed E-state index contributed by atoms with van der Waals surface area (Å²) in [7, 11) is -3.55. The molecule has 0 atom stereocenters. The second kappa shape index (κ2) is 11.3. The quantitative estimate of drug-likeness (QED) is 0.213. The minimum Gasteiger partial charge on any atom is -0.495 e. The van der Waals surface area contributed by atoms with Crippen LogP contribution in [0, 0.1) is 5.82 Å². The first kappa shape index (κ1) is 27.3. The third-order valence-corrected chi connectivity index (χ3v) is 6.27. The van der Waals surface area contributed by atoms with E-state index in [1.54, 1.807) is 16.9 Å². The van der Waals surface area contributed by atoms with Crippen molar-refractivity contribution in [3.05, 3.63) is 77.7 Å². The number of sulfonamides is 1. The number of benzene rings is 2. The normalized spacial score (nSPS) is 11.3. The smallest absolute Gasteiger partial charge is 0.355 e. The topological polar surface area (TPSA) is 161 Å². The number of aromatic amines is 1. The number of halogens is 3. The second-order valence-corrected chi connectivity index (χ2v) is 9.58. The zero-order chi connectivity index (χ0) is 28.2. The van der Waals surface area contributed by atoms with Crippen LogP contribution in [0.15, 0.2) is 60.8 Å². The molecule has 0 aliphatic rings. The molecular formula is C24H21F3N6O5S. The van der Waals surface area contributed by atoms with Gasteiger partial charge in [-0.05, 0) is 42.0 Å². The van der Waals surface area contributed by atoms with E-state index in [1.165, 1.54) is 55.8 Å². The first-order chi connectivity index (χ1) is 18.6. The monoisotopic (exact) mass is 562 g/mol. The highest BCUT2D eigenvalue weighted by molar-refractivity contribution is 7.93. The van der Waals surface area contributed by atoms with Crippen molar-refractivity contribution >= 4 is 33.3 Å². The van der Waals surface area contributed by atoms with Gasteiger partial charge in [0, 0.05) is 5.56 Å². The van der Waals surface area contributed by atoms with E-state index < -0.39 is 27.5 Å². The van der Waals surface area contributed by atoms with Crippen LogP contribution in [-0.2, 0) is 16.6 Å². The number of nitrogens with one attached hydrogen (secondary N) is 3. The van der Waals surface area contributed by atoms with Crippen molar-refractivity contribution in [3.8, 4) is 22.8 Å². The van der Waals surface area contributed by atoms with Gasteiger partial charge in [0.1, 0.15) is 35.3 Å². The number of pyridine rings is 1. The van der Waals surface area contributed by atoms with Crippen molar-refractivity contribution in [3.63, 3.8) is 0 Å². The zero-order valence-electron chi connectivity index (χ0n) is 20.1. The van der Waals surface area contributed by atoms with Crippen LogP contribution in [0.5, 0.6) is 11.5 Å². The van der Waals surface area contributed by atoms with Gasteiger partial charge < -0.3 is 20.5 Å². The molecule has 2 aromatic carbocycles. The SMILES string of the molecule is COc1ccc(Nc2n[nH]c(-c3ccc(NS(=O)(=O)C(F)F)c(OCc4ccc(F)cc4)c3)c2C(N)=O)nc1. The number of anilines is 3. The van der Waals surface area contributed by atoms with Crippen molar-refractivity contribution in [2.24, 2.45) is 5.73 Å². The van der Waals surface area contributed by atoms with E-state index in [4.69, 9.17) is 15.2 Å². The molecule has 0 unspecified atom stereocenters. The number of carbonyl (C=O) groups excluding carboxylic acids is 1. The van der Waals surface area contributed by atoms with E-state index in [-0.39, 0.29) is 40.7 Å². The van der Waals surface area contributed by atoms with Gasteiger partial charge in [-0.1, -0.05) is 18.2 Å². The van der Waals surface area contributed by atoms with E-state index in [1.807, 2.05) is 0 Å². The summed E-state index contributed by atoms with van der Waals surface area (Å²) in [5.74, 6) is -4.30. The van der Waals surface area contributed by atoms with Gasteiger partial charge in [0.2, 0.25) is 0 Å². The Bertz CT molecular complexity index is 1580. The van der Waals surface area contributed by atoms with E-state index in [9.17, 15) is 26.4 Å². The van der Waals surface area contributed by atoms with Crippen LogP contribution >= 0.6 is 0 Å². The molecule has 0 bridgehead atoms. The van der Waals surface area contributed by atoms with Gasteiger partial charge >= 0.3 is 5.76 Å². The van der Waals surface area contributed by atoms with Crippen molar-refractivity contribution in [2.45, 2.75) is 12.4 Å². The van der Waals surface area contributed by atoms with Crippen molar-refractivity contribution in [1.82, 2.24) is 15.2 Å². The molecule has 0 fully saturated rings. The number of nitrogens with two attached hydrogens (primary N) is 1. The second-order valence-electron chi connectivity index (χ2n) is 7.93. The van der Waals surface area contributed by atoms with Crippen LogP contribution in [-0.4, -0.2) is 42.4 Å². The van der Waals surface area contributed by atoms with Crippen molar-refractivity contribution < 1.29 is 35.9 Å². The number of H-pyrrole nitrogens is 1. The number of hydrogen-bond acceptors (Lipinski definition) is 8. The lowest BCUT2D eigenvalue weighted by Gasteiger charge is -2.15. The van der Waals surface area contributed by atoms with E-state index in [2.05, 4.69) is 20.5 Å². The fraction of sp³-hybridized carbons (Fsp3) is 0.125. The maximum Gasteiger partial charge on any atom is 0.355 e. The maximum absolute atomic E-state index is 13.2. The first-order valence-corrected chi connectivity index (χ1v) is 12.6. The molecule has 4 aromatic rings. The Balaban J connectivity index is 1.70. The third-order valence-electron chi connectivity index (χ3n) is 5.30. The Hall–Kier alpha value is -4.79. The minimum atomic E-state index is -5.03. The lowest BCUT2D eigenvalue weighted by atomic mass is 10.1. The van der Waals surface area contributed by atoms with Gasteiger partial charge in [-0.25, -0.2) is 17.8 Å². The number of nitrogens with zero attached hydrogens (tertiary/aromatic N) is 2. The lowest BCUT2D eigenvalue weighted by molar-refractivity contribution is 0.100. The van der Waals surface area contributed by atoms with E-state index in [0.717, 1.165) is 0 Å². The molecule has 5 N–H and O–H groups in total. The van der Waals surface area contributed by atoms with Crippen LogP contribution in [0.3, 0.4) is 0 Å². The molecule has 0 saturated carbocycles. The van der Waals surface area contributed by atoms with Gasteiger partial charge in [-0.3, -0.25) is 14.6 Å². The number of amides is 1. The molecular weight excluding hydrogens is 541 g/mol. The van der Waals surface area contributed by atoms with Crippen LogP contribution in [0.4, 0.5) is 30.5 Å². The molecule has 4 rings (SSSR count). The Morgan fingerprint density at radius 3 is 2.49 bits per heavy atom. The molecule has 0 aliphatic heterocycles. The van der Waals surface area contributed by atoms with Gasteiger partial charge in [0.15, 0.2) is 5.82 Å². The highest BCUT2D eigenvalue weighted by atomic mass is 32.2. The molecule has 0 spiro atoms. The fourth-order valence-corrected chi connectivity index (χ4v) is 3.96. The number of primary amides is 1. The number of ether oxygens (including phenoxy) is 2. The average molecular weight is 563 g/mol. The summed E-state index contributed by atoms with van der Waals surface area (Å²) >= 11 is 0. The van der Waals surface area contributed by atoms with Crippen LogP contribution in [0.1, 0.15) is 15.9 Å². The molecule has 1 amide bonds. The molecule has 0 saturated heterocycles. The van der Waals surface area contributed by atoms with Gasteiger partial charge in [-0.15, -0.1) is 0 Å². The number of carbonyl (C=O) groups is 1. The molecule has 15 heteroatoms. The molecule has 0 radical (unpaired) electrons. The summed E-state index contributed by atoms with van der Waals surface area (Å²) in [5.41, 5.74) is 6.18. The van der Waals surface area contributed by atoms with Crippen LogP contribution in [0.25, 0.3) is 11.3 Å². The Morgan fingerprint density at radius 1 is 1.13 bits per heavy atom. The minimum absolute atomic E-state index is 0.0476. The number of rotatable bonds is 11. The van der Waals surface area contributed by atoms with E-state index in [0.29, 0.717) is 17.1 Å². The summed E-state index contributed by atoms with van der Waals surface area (Å²) in [6.07, 6.45) is 1.45. The van der Waals surface area contributed by atoms with Gasteiger partial charge in [0.25, 0.3) is 15.9 Å². The summed E-state index contributed by atoms with van der Waals surface area (Å²) < 4.78 is 75.5. The highest BCUT2D eigenvalue weighted by Crippen LogP contribution is 2.35. The van der Waals surface area contributed by atoms with Crippen LogP contribution in [0.2, 0.25) is 0 Å². The summed E-state index contributed by atoms with van der Waals surface area (Å²) in [4.78, 5) is 16.5. The largest absolute Gasteiger partial charge is 0.495 e. The molecule has 204 valence electrons. The number of aromatic nitrogens is 3. The molecule has 11 nitrogen and oxygen atoms in total. The first-order valence-electron chi connectivity index (χ1n) is 11.0. The van der Waals surface area contributed by atoms with Gasteiger partial charge in [-0.2, -0.15) is 13.9 Å². The molecule has 0 aliphatic carbocycles. The summed E-state index contributed by atoms with van der Waals surface area (Å²) in [6.45, 7) is -0.158. The third kappa shape index (κ3) is 6.38. The van der Waals surface area contributed by atoms with Crippen molar-refractivity contribution in [2.75, 3.05) is 17.1 Å². The Morgan fingerprint density at radius 2 is 1.87 bits per heavy atom. The number of methoxy groups -OCH3 is 1. The van der Waals surface area contributed by atoms with Crippen LogP contribution < -0.4 is 25.2 Å². The van der Waals surface area contributed by atoms with Gasteiger partial charge in [0.05, 0.1) is 24.7 Å². The Kier molecular flexibility index (Phi) is 7.90. The number of alkyl halides is 2. The highest BCUT2D eigenvalue weighted by Gasteiger charge is 2.26. The predicted molar refractivity (Wildman–Crippen MR) is 136 cm³/mol. The van der Waals surface area contributed by atoms with E-state index >= 15 is 0 Å². The summed E-state index contributed by atoms with van der Waals surface area (Å²) in [6, 6.07) is 12.3. The molecule has 2 aromatic heterocycles. The lowest BCUT2D eigenvalue weighted by Crippen LogP contribution is -2.21. The molecule has 2 heterocycles. The predicted octanol–water partition coefficient (Wildman–Crippen LogP) is 4.01. The number of hydrogen-bond donors (Lipinski definition) is 4. The summed E-state index contributed by atoms with van der Waals surface area (Å²) in [5, 5.41) is 9.65. The fourth-order valence-electron chi connectivity index (χ4n) is 3.40. The standard InChI is InChI=1S/C24H21F3N6O5S/c1-37-16-7-9-19(29-11-16)30-23-20(22(28)34)21(31-32-23)14-4-8-17(33-39(35,36)24(26)27)18(10-14)38-12-13-2-5-15(25)6-3-13/h2-11,24,33H,12H2,1H3,(H2,28,34)(H2,29,30,31,32).